The van der Waals surface area contributed by atoms with Crippen molar-refractivity contribution in [3.63, 3.8) is 0 Å². The summed E-state index contributed by atoms with van der Waals surface area (Å²) in [7, 11) is 0. The van der Waals surface area contributed by atoms with Gasteiger partial charge in [0.05, 0.1) is 6.21 Å². The highest BCUT2D eigenvalue weighted by Crippen LogP contribution is 2.23. The van der Waals surface area contributed by atoms with E-state index in [2.05, 4.69) is 5.16 Å². The number of oxime groups is 1. The predicted octanol–water partition coefficient (Wildman–Crippen LogP) is 2.85. The summed E-state index contributed by atoms with van der Waals surface area (Å²) in [5.74, 6) is 0. The minimum absolute atomic E-state index is 0.364. The quantitative estimate of drug-likeness (QED) is 0.537. The minimum atomic E-state index is 0.364. The summed E-state index contributed by atoms with van der Waals surface area (Å²) < 4.78 is 0. The molecule has 13 heavy (non-hydrogen) atoms. The highest BCUT2D eigenvalue weighted by molar-refractivity contribution is 6.30. The van der Waals surface area contributed by atoms with E-state index in [0.717, 1.165) is 23.4 Å². The molecular formula is C10H10ClNO. The molecule has 3 heteroatoms. The van der Waals surface area contributed by atoms with E-state index in [1.54, 1.807) is 6.21 Å². The molecule has 0 spiro atoms. The molecule has 68 valence electrons. The summed E-state index contributed by atoms with van der Waals surface area (Å²) >= 11 is 5.73. The maximum absolute atomic E-state index is 5.73. The van der Waals surface area contributed by atoms with Crippen molar-refractivity contribution in [2.75, 3.05) is 0 Å². The van der Waals surface area contributed by atoms with Gasteiger partial charge in [0.1, 0.15) is 6.10 Å². The molecule has 1 aromatic carbocycles. The third-order valence-electron chi connectivity index (χ3n) is 1.81. The van der Waals surface area contributed by atoms with Gasteiger partial charge < -0.3 is 4.84 Å². The zero-order valence-corrected chi connectivity index (χ0v) is 7.87. The van der Waals surface area contributed by atoms with Crippen LogP contribution in [0, 0.1) is 0 Å². The van der Waals surface area contributed by atoms with Gasteiger partial charge in [-0.05, 0) is 30.5 Å². The molecule has 1 saturated carbocycles. The molecule has 1 aliphatic rings. The van der Waals surface area contributed by atoms with Gasteiger partial charge in [-0.25, -0.2) is 0 Å². The van der Waals surface area contributed by atoms with Crippen LogP contribution >= 0.6 is 11.6 Å². The molecular weight excluding hydrogens is 186 g/mol. The van der Waals surface area contributed by atoms with Crippen molar-refractivity contribution in [2.24, 2.45) is 5.16 Å². The van der Waals surface area contributed by atoms with Crippen LogP contribution in [0.1, 0.15) is 18.4 Å². The first-order valence-corrected chi connectivity index (χ1v) is 4.67. The topological polar surface area (TPSA) is 21.6 Å². The lowest BCUT2D eigenvalue weighted by Gasteiger charge is -1.94. The molecule has 0 bridgehead atoms. The number of hydrogen-bond acceptors (Lipinski definition) is 2. The van der Waals surface area contributed by atoms with Crippen LogP contribution in [0.3, 0.4) is 0 Å². The largest absolute Gasteiger partial charge is 0.392 e. The zero-order chi connectivity index (χ0) is 9.10. The fourth-order valence-electron chi connectivity index (χ4n) is 0.900. The Morgan fingerprint density at radius 1 is 1.31 bits per heavy atom. The monoisotopic (exact) mass is 195 g/mol. The molecule has 1 aliphatic carbocycles. The second-order valence-electron chi connectivity index (χ2n) is 3.09. The van der Waals surface area contributed by atoms with Gasteiger partial charge in [-0.1, -0.05) is 28.9 Å². The Labute approximate surface area is 82.2 Å². The SMILES string of the molecule is Clc1ccc(C=NOC2CC2)cc1. The lowest BCUT2D eigenvalue weighted by Crippen LogP contribution is -1.86. The maximum atomic E-state index is 5.73. The van der Waals surface area contributed by atoms with E-state index in [0.29, 0.717) is 6.10 Å². The fourth-order valence-corrected chi connectivity index (χ4v) is 1.03. The molecule has 0 saturated heterocycles. The summed E-state index contributed by atoms with van der Waals surface area (Å²) in [6, 6.07) is 7.48. The van der Waals surface area contributed by atoms with Gasteiger partial charge in [0.25, 0.3) is 0 Å². The van der Waals surface area contributed by atoms with Gasteiger partial charge in [-0.15, -0.1) is 0 Å². The number of benzene rings is 1. The van der Waals surface area contributed by atoms with Gasteiger partial charge in [0.2, 0.25) is 0 Å². The standard InChI is InChI=1S/C10H10ClNO/c11-9-3-1-8(2-4-9)7-12-13-10-5-6-10/h1-4,7,10H,5-6H2. The highest BCUT2D eigenvalue weighted by atomic mass is 35.5. The van der Waals surface area contributed by atoms with Gasteiger partial charge >= 0.3 is 0 Å². The summed E-state index contributed by atoms with van der Waals surface area (Å²) in [4.78, 5) is 5.12. The van der Waals surface area contributed by atoms with Crippen LogP contribution in [0.25, 0.3) is 0 Å². The summed E-state index contributed by atoms with van der Waals surface area (Å²) in [6.45, 7) is 0. The first-order chi connectivity index (χ1) is 6.34. The van der Waals surface area contributed by atoms with Crippen LogP contribution in [-0.4, -0.2) is 12.3 Å². The van der Waals surface area contributed by atoms with Crippen molar-refractivity contribution < 1.29 is 4.84 Å². The van der Waals surface area contributed by atoms with Crippen molar-refractivity contribution >= 4 is 17.8 Å². The number of nitrogens with zero attached hydrogens (tertiary/aromatic N) is 1. The van der Waals surface area contributed by atoms with Gasteiger partial charge in [0, 0.05) is 5.02 Å². The lowest BCUT2D eigenvalue weighted by molar-refractivity contribution is 0.131. The highest BCUT2D eigenvalue weighted by Gasteiger charge is 2.23. The van der Waals surface area contributed by atoms with Crippen molar-refractivity contribution in [3.05, 3.63) is 34.9 Å². The molecule has 0 atom stereocenters. The normalized spacial score (nSPS) is 16.4. The van der Waals surface area contributed by atoms with E-state index in [9.17, 15) is 0 Å². The summed E-state index contributed by atoms with van der Waals surface area (Å²) in [6.07, 6.45) is 4.34. The molecule has 0 aromatic heterocycles. The number of hydrogen-bond donors (Lipinski definition) is 0. The molecule has 1 fully saturated rings. The Hall–Kier alpha value is -1.02. The van der Waals surface area contributed by atoms with E-state index >= 15 is 0 Å². The lowest BCUT2D eigenvalue weighted by atomic mass is 10.2. The Balaban J connectivity index is 1.92. The van der Waals surface area contributed by atoms with E-state index in [1.165, 1.54) is 0 Å². The predicted molar refractivity (Wildman–Crippen MR) is 53.2 cm³/mol. The van der Waals surface area contributed by atoms with E-state index in [1.807, 2.05) is 24.3 Å². The molecule has 0 heterocycles. The van der Waals surface area contributed by atoms with E-state index < -0.39 is 0 Å². The smallest absolute Gasteiger partial charge is 0.127 e. The van der Waals surface area contributed by atoms with Gasteiger partial charge in [-0.3, -0.25) is 0 Å². The number of halogens is 1. The summed E-state index contributed by atoms with van der Waals surface area (Å²) in [5.41, 5.74) is 1.00. The molecule has 0 N–H and O–H groups in total. The Morgan fingerprint density at radius 2 is 2.00 bits per heavy atom. The second-order valence-corrected chi connectivity index (χ2v) is 3.53. The second kappa shape index (κ2) is 3.79. The number of rotatable bonds is 3. The molecule has 0 unspecified atom stereocenters. The first-order valence-electron chi connectivity index (χ1n) is 4.29. The van der Waals surface area contributed by atoms with Crippen molar-refractivity contribution in [1.82, 2.24) is 0 Å². The van der Waals surface area contributed by atoms with Crippen LogP contribution < -0.4 is 0 Å². The molecule has 1 aromatic rings. The van der Waals surface area contributed by atoms with Gasteiger partial charge in [0.15, 0.2) is 0 Å². The summed E-state index contributed by atoms with van der Waals surface area (Å²) in [5, 5.41) is 4.60. The average molecular weight is 196 g/mol. The van der Waals surface area contributed by atoms with Gasteiger partial charge in [-0.2, -0.15) is 0 Å². The maximum Gasteiger partial charge on any atom is 0.127 e. The van der Waals surface area contributed by atoms with Crippen molar-refractivity contribution in [1.29, 1.82) is 0 Å². The third kappa shape index (κ3) is 2.74. The van der Waals surface area contributed by atoms with Crippen LogP contribution in [0.15, 0.2) is 29.4 Å². The Morgan fingerprint density at radius 3 is 2.62 bits per heavy atom. The zero-order valence-electron chi connectivity index (χ0n) is 7.11. The Bertz CT molecular complexity index is 303. The van der Waals surface area contributed by atoms with Crippen LogP contribution in [0.5, 0.6) is 0 Å². The van der Waals surface area contributed by atoms with E-state index in [-0.39, 0.29) is 0 Å². The Kier molecular flexibility index (Phi) is 2.50. The molecule has 0 radical (unpaired) electrons. The van der Waals surface area contributed by atoms with Crippen LogP contribution in [0.4, 0.5) is 0 Å². The van der Waals surface area contributed by atoms with Crippen molar-refractivity contribution in [2.45, 2.75) is 18.9 Å². The van der Waals surface area contributed by atoms with Crippen LogP contribution in [0.2, 0.25) is 5.02 Å². The van der Waals surface area contributed by atoms with Crippen molar-refractivity contribution in [3.8, 4) is 0 Å². The molecule has 0 amide bonds. The first kappa shape index (κ1) is 8.57. The molecule has 2 nitrogen and oxygen atoms in total. The minimum Gasteiger partial charge on any atom is -0.392 e. The molecule has 2 rings (SSSR count). The fraction of sp³-hybridized carbons (Fsp3) is 0.300. The average Bonchev–Trinajstić information content (AvgIpc) is 2.92. The third-order valence-corrected chi connectivity index (χ3v) is 2.06. The van der Waals surface area contributed by atoms with E-state index in [4.69, 9.17) is 16.4 Å². The molecule has 0 aliphatic heterocycles. The van der Waals surface area contributed by atoms with Crippen LogP contribution in [-0.2, 0) is 4.84 Å².